The molecule has 0 atom stereocenters. The topological polar surface area (TPSA) is 71.5 Å². The molecule has 0 radical (unpaired) electrons. The molecule has 0 spiro atoms. The Bertz CT molecular complexity index is 932. The average molecular weight is 397 g/mol. The number of phenolic OH excluding ortho intramolecular Hbond substituents is 1. The Morgan fingerprint density at radius 2 is 1.93 bits per heavy atom. The Kier molecular flexibility index (Phi) is 5.99. The number of hydrogen-bond donors (Lipinski definition) is 2. The first-order valence-electron chi connectivity index (χ1n) is 9.04. The van der Waals surface area contributed by atoms with Crippen LogP contribution >= 0.6 is 11.3 Å². The molecule has 1 amide bonds. The van der Waals surface area contributed by atoms with Gasteiger partial charge < -0.3 is 9.84 Å². The molecule has 0 aliphatic rings. The minimum atomic E-state index is -0.560. The van der Waals surface area contributed by atoms with Crippen LogP contribution in [-0.4, -0.2) is 16.2 Å². The van der Waals surface area contributed by atoms with Gasteiger partial charge in [-0.15, -0.1) is 11.3 Å². The number of ether oxygens (including phenoxy) is 1. The summed E-state index contributed by atoms with van der Waals surface area (Å²) in [6.45, 7) is 6.14. The third kappa shape index (κ3) is 5.10. The molecule has 0 aliphatic carbocycles. The first-order valence-corrected chi connectivity index (χ1v) is 9.92. The number of aromatic hydroxyl groups is 1. The van der Waals surface area contributed by atoms with Crippen molar-refractivity contribution in [1.29, 1.82) is 0 Å². The molecule has 3 rings (SSSR count). The predicted molar refractivity (Wildman–Crippen MR) is 112 cm³/mol. The highest BCUT2D eigenvalue weighted by molar-refractivity contribution is 7.09. The van der Waals surface area contributed by atoms with E-state index in [-0.39, 0.29) is 17.8 Å². The van der Waals surface area contributed by atoms with E-state index in [0.717, 1.165) is 16.0 Å². The van der Waals surface area contributed by atoms with E-state index < -0.39 is 6.09 Å². The molecule has 3 aromatic rings. The smallest absolute Gasteiger partial charge is 0.411 e. The molecule has 1 aromatic heterocycles. The largest absolute Gasteiger partial charge is 0.508 e. The van der Waals surface area contributed by atoms with Gasteiger partial charge in [-0.3, -0.25) is 10.3 Å². The van der Waals surface area contributed by atoms with Crippen LogP contribution in [0.5, 0.6) is 5.75 Å². The summed E-state index contributed by atoms with van der Waals surface area (Å²) in [5.74, 6) is 0.165. The number of rotatable bonds is 5. The van der Waals surface area contributed by atoms with E-state index in [1.54, 1.807) is 17.8 Å². The molecule has 2 N–H and O–H groups in total. The van der Waals surface area contributed by atoms with Crippen LogP contribution in [0.1, 0.15) is 42.3 Å². The van der Waals surface area contributed by atoms with Crippen molar-refractivity contribution in [2.24, 2.45) is 0 Å². The van der Waals surface area contributed by atoms with Crippen molar-refractivity contribution in [2.75, 3.05) is 5.32 Å². The normalized spacial score (nSPS) is 11.2. The van der Waals surface area contributed by atoms with Gasteiger partial charge in [-0.25, -0.2) is 4.79 Å². The van der Waals surface area contributed by atoms with Crippen molar-refractivity contribution in [1.82, 2.24) is 4.98 Å². The molecule has 0 aliphatic heterocycles. The van der Waals surface area contributed by atoms with Crippen molar-refractivity contribution < 1.29 is 14.6 Å². The number of nitrogens with zero attached hydrogens (tertiary/aromatic N) is 1. The van der Waals surface area contributed by atoms with E-state index in [9.17, 15) is 9.90 Å². The Morgan fingerprint density at radius 1 is 1.18 bits per heavy atom. The maximum atomic E-state index is 12.3. The fourth-order valence-electron chi connectivity index (χ4n) is 3.10. The van der Waals surface area contributed by atoms with Crippen molar-refractivity contribution in [3.8, 4) is 5.75 Å². The van der Waals surface area contributed by atoms with E-state index in [1.807, 2.05) is 57.2 Å². The van der Waals surface area contributed by atoms with E-state index in [4.69, 9.17) is 4.74 Å². The Morgan fingerprint density at radius 3 is 2.57 bits per heavy atom. The summed E-state index contributed by atoms with van der Waals surface area (Å²) >= 11 is 1.43. The van der Waals surface area contributed by atoms with Gasteiger partial charge >= 0.3 is 6.09 Å². The molecule has 0 saturated carbocycles. The van der Waals surface area contributed by atoms with Crippen molar-refractivity contribution >= 4 is 23.1 Å². The summed E-state index contributed by atoms with van der Waals surface area (Å²) in [6.07, 6.45) is 1.77. The van der Waals surface area contributed by atoms with Gasteiger partial charge in [-0.2, -0.15) is 0 Å². The second-order valence-corrected chi connectivity index (χ2v) is 8.59. The highest BCUT2D eigenvalue weighted by Crippen LogP contribution is 2.38. The quantitative estimate of drug-likeness (QED) is 0.598. The molecule has 0 fully saturated rings. The number of anilines is 1. The highest BCUT2D eigenvalue weighted by atomic mass is 32.1. The van der Waals surface area contributed by atoms with Crippen LogP contribution in [0.3, 0.4) is 0 Å². The van der Waals surface area contributed by atoms with Crippen LogP contribution in [0.4, 0.5) is 10.5 Å². The molecule has 0 unspecified atom stereocenters. The lowest BCUT2D eigenvalue weighted by Crippen LogP contribution is -2.20. The summed E-state index contributed by atoms with van der Waals surface area (Å²) < 4.78 is 5.29. The maximum Gasteiger partial charge on any atom is 0.411 e. The second kappa shape index (κ2) is 8.44. The highest BCUT2D eigenvalue weighted by Gasteiger charge is 2.24. The van der Waals surface area contributed by atoms with Crippen LogP contribution in [0.15, 0.2) is 54.2 Å². The number of nitrogens with one attached hydrogen (secondary N) is 1. The molecule has 146 valence electrons. The zero-order chi connectivity index (χ0) is 20.1. The first-order chi connectivity index (χ1) is 13.3. The maximum absolute atomic E-state index is 12.3. The third-order valence-electron chi connectivity index (χ3n) is 4.24. The van der Waals surface area contributed by atoms with E-state index in [1.165, 1.54) is 11.3 Å². The summed E-state index contributed by atoms with van der Waals surface area (Å²) in [5.41, 5.74) is 4.63. The van der Waals surface area contributed by atoms with E-state index >= 15 is 0 Å². The number of thiazole rings is 1. The predicted octanol–water partition coefficient (Wildman–Crippen LogP) is 5.49. The van der Waals surface area contributed by atoms with Crippen LogP contribution in [0.25, 0.3) is 0 Å². The van der Waals surface area contributed by atoms with E-state index in [2.05, 4.69) is 10.3 Å². The number of carbonyl (C=O) groups excluding carboxylic acids is 1. The second-order valence-electron chi connectivity index (χ2n) is 7.62. The summed E-state index contributed by atoms with van der Waals surface area (Å²) in [7, 11) is 0. The van der Waals surface area contributed by atoms with Gasteiger partial charge in [-0.05, 0) is 35.1 Å². The molecule has 6 heteroatoms. The minimum Gasteiger partial charge on any atom is -0.508 e. The van der Waals surface area contributed by atoms with Crippen LogP contribution in [0, 0.1) is 0 Å². The Hall–Kier alpha value is -2.86. The molecule has 0 saturated heterocycles. The Labute approximate surface area is 169 Å². The van der Waals surface area contributed by atoms with Gasteiger partial charge in [0.1, 0.15) is 12.4 Å². The van der Waals surface area contributed by atoms with Crippen molar-refractivity contribution in [3.05, 3.63) is 75.7 Å². The molecule has 1 heterocycles. The zero-order valence-electron chi connectivity index (χ0n) is 16.2. The van der Waals surface area contributed by atoms with Gasteiger partial charge in [0.15, 0.2) is 0 Å². The first kappa shape index (κ1) is 19.9. The summed E-state index contributed by atoms with van der Waals surface area (Å²) in [5, 5.41) is 13.5. The minimum absolute atomic E-state index is 0.164. The van der Waals surface area contributed by atoms with Gasteiger partial charge in [-0.1, -0.05) is 51.1 Å². The monoisotopic (exact) mass is 396 g/mol. The fourth-order valence-corrected chi connectivity index (χ4v) is 3.61. The number of aromatic nitrogens is 1. The third-order valence-corrected chi connectivity index (χ3v) is 5.00. The SMILES string of the molecule is CC(C)(C)c1c(O)cc(Cc2ccccc2)cc1NC(=O)OCc1cncs1. The molecule has 2 aromatic carbocycles. The lowest BCUT2D eigenvalue weighted by molar-refractivity contribution is 0.156. The molecule has 0 bridgehead atoms. The van der Waals surface area contributed by atoms with Gasteiger partial charge in [0.25, 0.3) is 0 Å². The molecular formula is C22H24N2O3S. The van der Waals surface area contributed by atoms with Gasteiger partial charge in [0.05, 0.1) is 16.1 Å². The van der Waals surface area contributed by atoms with Crippen LogP contribution in [0.2, 0.25) is 0 Å². The lowest BCUT2D eigenvalue weighted by atomic mass is 9.84. The molecule has 5 nitrogen and oxygen atoms in total. The number of benzene rings is 2. The Balaban J connectivity index is 1.84. The van der Waals surface area contributed by atoms with Gasteiger partial charge in [0, 0.05) is 11.8 Å². The fraction of sp³-hybridized carbons (Fsp3) is 0.273. The number of hydrogen-bond acceptors (Lipinski definition) is 5. The zero-order valence-corrected chi connectivity index (χ0v) is 17.0. The van der Waals surface area contributed by atoms with Crippen LogP contribution < -0.4 is 5.32 Å². The number of carbonyl (C=O) groups is 1. The van der Waals surface area contributed by atoms with Crippen molar-refractivity contribution in [3.63, 3.8) is 0 Å². The molecule has 28 heavy (non-hydrogen) atoms. The van der Waals surface area contributed by atoms with E-state index in [0.29, 0.717) is 17.7 Å². The van der Waals surface area contributed by atoms with Crippen LogP contribution in [-0.2, 0) is 23.2 Å². The summed E-state index contributed by atoms with van der Waals surface area (Å²) in [6, 6.07) is 13.7. The number of amides is 1. The van der Waals surface area contributed by atoms with Gasteiger partial charge in [0.2, 0.25) is 0 Å². The average Bonchev–Trinajstić information content (AvgIpc) is 3.13. The van der Waals surface area contributed by atoms with Crippen molar-refractivity contribution in [2.45, 2.75) is 39.2 Å². The standard InChI is InChI=1S/C22H24N2O3S/c1-22(2,3)20-18(24-21(26)27-13-17-12-23-14-28-17)10-16(11-19(20)25)9-15-7-5-4-6-8-15/h4-8,10-12,14,25H,9,13H2,1-3H3,(H,24,26). The summed E-state index contributed by atoms with van der Waals surface area (Å²) in [4.78, 5) is 17.2. The number of phenols is 1. The lowest BCUT2D eigenvalue weighted by Gasteiger charge is -2.25. The molecular weight excluding hydrogens is 372 g/mol.